The first-order valence-corrected chi connectivity index (χ1v) is 4.17. The Morgan fingerprint density at radius 1 is 1.36 bits per heavy atom. The Bertz CT molecular complexity index is 465. The maximum atomic E-state index is 13.3. The molecule has 0 aliphatic carbocycles. The van der Waals surface area contributed by atoms with Crippen molar-refractivity contribution in [2.45, 2.75) is 6.92 Å². The average molecular weight is 192 g/mol. The zero-order valence-corrected chi connectivity index (χ0v) is 7.62. The van der Waals surface area contributed by atoms with Crippen molar-refractivity contribution >= 4 is 5.88 Å². The van der Waals surface area contributed by atoms with Gasteiger partial charge in [-0.25, -0.2) is 4.39 Å². The maximum Gasteiger partial charge on any atom is 0.225 e. The highest BCUT2D eigenvalue weighted by atomic mass is 19.1. The second kappa shape index (κ2) is 3.14. The molecule has 0 saturated heterocycles. The van der Waals surface area contributed by atoms with Gasteiger partial charge in [0.2, 0.25) is 5.88 Å². The SMILES string of the molecule is Cc1c(-c2ccccc2F)noc1N. The number of nitrogens with zero attached hydrogens (tertiary/aromatic N) is 1. The van der Waals surface area contributed by atoms with Gasteiger partial charge < -0.3 is 10.3 Å². The third-order valence-corrected chi connectivity index (χ3v) is 2.09. The molecule has 0 fully saturated rings. The minimum absolute atomic E-state index is 0.225. The zero-order valence-electron chi connectivity index (χ0n) is 7.62. The number of nitrogens with two attached hydrogens (primary N) is 1. The summed E-state index contributed by atoms with van der Waals surface area (Å²) in [4.78, 5) is 0. The number of anilines is 1. The summed E-state index contributed by atoms with van der Waals surface area (Å²) < 4.78 is 18.1. The largest absolute Gasteiger partial charge is 0.367 e. The van der Waals surface area contributed by atoms with Gasteiger partial charge in [0.15, 0.2) is 0 Å². The second-order valence-electron chi connectivity index (χ2n) is 3.00. The Hall–Kier alpha value is -1.84. The summed E-state index contributed by atoms with van der Waals surface area (Å²) in [5.41, 5.74) is 7.01. The van der Waals surface area contributed by atoms with Crippen LogP contribution in [-0.4, -0.2) is 5.16 Å². The number of rotatable bonds is 1. The summed E-state index contributed by atoms with van der Waals surface area (Å²) in [6, 6.07) is 6.37. The van der Waals surface area contributed by atoms with Crippen molar-refractivity contribution in [3.63, 3.8) is 0 Å². The fraction of sp³-hybridized carbons (Fsp3) is 0.100. The normalized spacial score (nSPS) is 10.4. The lowest BCUT2D eigenvalue weighted by Gasteiger charge is -1.98. The van der Waals surface area contributed by atoms with Gasteiger partial charge in [-0.3, -0.25) is 0 Å². The van der Waals surface area contributed by atoms with E-state index in [9.17, 15) is 4.39 Å². The van der Waals surface area contributed by atoms with E-state index in [0.717, 1.165) is 0 Å². The van der Waals surface area contributed by atoms with E-state index in [2.05, 4.69) is 5.16 Å². The molecule has 0 unspecified atom stereocenters. The van der Waals surface area contributed by atoms with Crippen molar-refractivity contribution in [1.29, 1.82) is 0 Å². The van der Waals surface area contributed by atoms with Gasteiger partial charge in [0, 0.05) is 11.1 Å². The Morgan fingerprint density at radius 2 is 2.07 bits per heavy atom. The topological polar surface area (TPSA) is 52.0 Å². The van der Waals surface area contributed by atoms with Crippen LogP contribution in [0.5, 0.6) is 0 Å². The van der Waals surface area contributed by atoms with Crippen LogP contribution in [0.2, 0.25) is 0 Å². The molecule has 0 bridgehead atoms. The summed E-state index contributed by atoms with van der Waals surface area (Å²) >= 11 is 0. The van der Waals surface area contributed by atoms with E-state index < -0.39 is 0 Å². The number of hydrogen-bond acceptors (Lipinski definition) is 3. The number of hydrogen-bond donors (Lipinski definition) is 1. The lowest BCUT2D eigenvalue weighted by Crippen LogP contribution is -1.87. The molecular formula is C10H9FN2O. The molecule has 2 aromatic rings. The van der Waals surface area contributed by atoms with Gasteiger partial charge in [-0.15, -0.1) is 0 Å². The van der Waals surface area contributed by atoms with Gasteiger partial charge in [-0.1, -0.05) is 17.3 Å². The van der Waals surface area contributed by atoms with Crippen molar-refractivity contribution in [1.82, 2.24) is 5.16 Å². The molecule has 0 aliphatic heterocycles. The lowest BCUT2D eigenvalue weighted by atomic mass is 10.1. The number of aromatic nitrogens is 1. The third kappa shape index (κ3) is 1.25. The van der Waals surface area contributed by atoms with Crippen LogP contribution in [0.25, 0.3) is 11.3 Å². The van der Waals surface area contributed by atoms with Crippen molar-refractivity contribution in [2.24, 2.45) is 0 Å². The minimum atomic E-state index is -0.330. The Labute approximate surface area is 80.3 Å². The van der Waals surface area contributed by atoms with Crippen molar-refractivity contribution in [3.05, 3.63) is 35.6 Å². The van der Waals surface area contributed by atoms with Crippen LogP contribution >= 0.6 is 0 Å². The first-order chi connectivity index (χ1) is 6.70. The van der Waals surface area contributed by atoms with Crippen molar-refractivity contribution in [2.75, 3.05) is 5.73 Å². The fourth-order valence-electron chi connectivity index (χ4n) is 1.25. The van der Waals surface area contributed by atoms with Gasteiger partial charge >= 0.3 is 0 Å². The first kappa shape index (κ1) is 8.74. The molecule has 14 heavy (non-hydrogen) atoms. The highest BCUT2D eigenvalue weighted by Gasteiger charge is 2.13. The molecule has 0 amide bonds. The lowest BCUT2D eigenvalue weighted by molar-refractivity contribution is 0.438. The molecule has 1 aromatic heterocycles. The monoisotopic (exact) mass is 192 g/mol. The summed E-state index contributed by atoms with van der Waals surface area (Å²) in [6.07, 6.45) is 0. The second-order valence-corrected chi connectivity index (χ2v) is 3.00. The van der Waals surface area contributed by atoms with Gasteiger partial charge in [0.05, 0.1) is 0 Å². The Balaban J connectivity index is 2.60. The van der Waals surface area contributed by atoms with E-state index in [4.69, 9.17) is 10.3 Å². The molecule has 2 N–H and O–H groups in total. The minimum Gasteiger partial charge on any atom is -0.367 e. The van der Waals surface area contributed by atoms with Crippen LogP contribution in [-0.2, 0) is 0 Å². The van der Waals surface area contributed by atoms with Gasteiger partial charge in [0.25, 0.3) is 0 Å². The standard InChI is InChI=1S/C10H9FN2O/c1-6-9(13-14-10(6)12)7-4-2-3-5-8(7)11/h2-5H,12H2,1H3. The first-order valence-electron chi connectivity index (χ1n) is 4.17. The highest BCUT2D eigenvalue weighted by Crippen LogP contribution is 2.27. The molecule has 1 aromatic carbocycles. The number of halogens is 1. The third-order valence-electron chi connectivity index (χ3n) is 2.09. The van der Waals surface area contributed by atoms with Crippen molar-refractivity contribution in [3.8, 4) is 11.3 Å². The highest BCUT2D eigenvalue weighted by molar-refractivity contribution is 5.66. The maximum absolute atomic E-state index is 13.3. The molecule has 0 aliphatic rings. The average Bonchev–Trinajstić information content (AvgIpc) is 2.49. The van der Waals surface area contributed by atoms with Crippen LogP contribution in [0.4, 0.5) is 10.3 Å². The van der Waals surface area contributed by atoms with Gasteiger partial charge in [-0.2, -0.15) is 0 Å². The van der Waals surface area contributed by atoms with E-state index in [1.54, 1.807) is 25.1 Å². The van der Waals surface area contributed by atoms with E-state index in [0.29, 0.717) is 16.8 Å². The predicted octanol–water partition coefficient (Wildman–Crippen LogP) is 2.37. The quantitative estimate of drug-likeness (QED) is 0.754. The van der Waals surface area contributed by atoms with E-state index in [1.165, 1.54) is 6.07 Å². The molecule has 0 saturated carbocycles. The molecule has 3 nitrogen and oxygen atoms in total. The van der Waals surface area contributed by atoms with E-state index in [1.807, 2.05) is 0 Å². The van der Waals surface area contributed by atoms with Gasteiger partial charge in [-0.05, 0) is 19.1 Å². The molecule has 4 heteroatoms. The molecule has 0 atom stereocenters. The van der Waals surface area contributed by atoms with Crippen LogP contribution in [0.15, 0.2) is 28.8 Å². The molecule has 0 radical (unpaired) electrons. The molecule has 1 heterocycles. The summed E-state index contributed by atoms with van der Waals surface area (Å²) in [7, 11) is 0. The predicted molar refractivity (Wildman–Crippen MR) is 51.0 cm³/mol. The van der Waals surface area contributed by atoms with Crippen LogP contribution in [0.1, 0.15) is 5.56 Å². The van der Waals surface area contributed by atoms with E-state index in [-0.39, 0.29) is 11.7 Å². The van der Waals surface area contributed by atoms with E-state index >= 15 is 0 Å². The van der Waals surface area contributed by atoms with Crippen molar-refractivity contribution < 1.29 is 8.91 Å². The van der Waals surface area contributed by atoms with Gasteiger partial charge in [0.1, 0.15) is 11.5 Å². The number of nitrogen functional groups attached to an aromatic ring is 1. The fourth-order valence-corrected chi connectivity index (χ4v) is 1.25. The van der Waals surface area contributed by atoms with Crippen LogP contribution < -0.4 is 5.73 Å². The van der Waals surface area contributed by atoms with Crippen LogP contribution in [0, 0.1) is 12.7 Å². The summed E-state index contributed by atoms with van der Waals surface area (Å²) in [5, 5.41) is 3.71. The molecule has 2 rings (SSSR count). The smallest absolute Gasteiger partial charge is 0.225 e. The molecular weight excluding hydrogens is 183 g/mol. The summed E-state index contributed by atoms with van der Waals surface area (Å²) in [6.45, 7) is 1.74. The number of benzene rings is 1. The Morgan fingerprint density at radius 3 is 2.64 bits per heavy atom. The zero-order chi connectivity index (χ0) is 10.1. The Kier molecular flexibility index (Phi) is 1.96. The summed E-state index contributed by atoms with van der Waals surface area (Å²) in [5.74, 6) is -0.104. The molecule has 0 spiro atoms. The molecule has 72 valence electrons. The van der Waals surface area contributed by atoms with Crippen LogP contribution in [0.3, 0.4) is 0 Å².